The van der Waals surface area contributed by atoms with Crippen molar-refractivity contribution in [2.75, 3.05) is 72.6 Å². The zero-order chi connectivity index (χ0) is 60.5. The number of aliphatic carboxylic acids is 4. The average Bonchev–Trinajstić information content (AvgIpc) is 3.41. The minimum Gasteiger partial charge on any atom is -0.481 e. The standard InChI is InChI=1S/C56H97N5O20/c1-2-41(47(65)37-62)19-17-18-28-58-49(66)27-24-46(56(76)77)60-50(67)25-22-43(55(74)75)36-45(64)38-79-32-31-78-30-29-59-52(69)40-81-34-33-80-39-48(57)61-51(68)26-23-42(54(72)73)35-44(63)20-15-13-11-9-7-5-3-4-6-8-10-12-14-16-21-53(70)71/h41-43,46,48,62H,2-40,57H2,1H3,(H,58,66)(H,59,69)(H,60,67)(H,61,68)(H,70,71)(H,72,73)(H,74,75)(H,76,77)/t41-,42+,43+,46-,48?/m0/s1. The lowest BCUT2D eigenvalue weighted by Crippen LogP contribution is -2.45. The number of nitrogens with two attached hydrogens (primary N) is 1. The second-order valence-electron chi connectivity index (χ2n) is 20.4. The molecule has 25 heteroatoms. The third-order valence-electron chi connectivity index (χ3n) is 13.3. The molecule has 4 amide bonds. The van der Waals surface area contributed by atoms with Crippen molar-refractivity contribution in [3.63, 3.8) is 0 Å². The predicted octanol–water partition coefficient (Wildman–Crippen LogP) is 4.00. The average molecular weight is 1160 g/mol. The van der Waals surface area contributed by atoms with Crippen LogP contribution in [0.4, 0.5) is 0 Å². The van der Waals surface area contributed by atoms with Gasteiger partial charge in [0.25, 0.3) is 0 Å². The van der Waals surface area contributed by atoms with Gasteiger partial charge in [-0.3, -0.25) is 47.9 Å². The van der Waals surface area contributed by atoms with Gasteiger partial charge in [0.05, 0.1) is 51.5 Å². The predicted molar refractivity (Wildman–Crippen MR) is 295 cm³/mol. The molecule has 0 saturated carbocycles. The first-order valence-electron chi connectivity index (χ1n) is 29.0. The molecule has 0 aliphatic rings. The number of unbranched alkanes of at least 4 members (excludes halogenated alkanes) is 14. The number of carboxylic acid groups (broad SMARTS) is 4. The molecule has 0 heterocycles. The summed E-state index contributed by atoms with van der Waals surface area (Å²) in [6.45, 7) is 1.25. The minimum absolute atomic E-state index is 0.0154. The number of hydrogen-bond donors (Lipinski definition) is 10. The molecule has 11 N–H and O–H groups in total. The van der Waals surface area contributed by atoms with Crippen LogP contribution in [0.25, 0.3) is 0 Å². The molecule has 81 heavy (non-hydrogen) atoms. The molecule has 25 nitrogen and oxygen atoms in total. The topological polar surface area (TPSA) is 400 Å². The number of ether oxygens (including phenoxy) is 4. The van der Waals surface area contributed by atoms with Gasteiger partial charge in [0.15, 0.2) is 11.6 Å². The van der Waals surface area contributed by atoms with Gasteiger partial charge in [-0.2, -0.15) is 0 Å². The summed E-state index contributed by atoms with van der Waals surface area (Å²) in [7, 11) is 0. The lowest BCUT2D eigenvalue weighted by molar-refractivity contribution is -0.145. The van der Waals surface area contributed by atoms with Crippen molar-refractivity contribution in [2.24, 2.45) is 23.5 Å². The Morgan fingerprint density at radius 1 is 0.432 bits per heavy atom. The molecule has 0 fully saturated rings. The Labute approximate surface area is 477 Å². The molecule has 0 bridgehead atoms. The van der Waals surface area contributed by atoms with Crippen molar-refractivity contribution in [3.05, 3.63) is 0 Å². The number of aliphatic hydroxyl groups excluding tert-OH is 1. The van der Waals surface area contributed by atoms with Gasteiger partial charge in [-0.25, -0.2) is 4.79 Å². The summed E-state index contributed by atoms with van der Waals surface area (Å²) < 4.78 is 21.3. The van der Waals surface area contributed by atoms with Crippen LogP contribution < -0.4 is 27.0 Å². The van der Waals surface area contributed by atoms with Crippen LogP contribution in [-0.4, -0.2) is 175 Å². The first-order valence-corrected chi connectivity index (χ1v) is 29.0. The van der Waals surface area contributed by atoms with Crippen molar-refractivity contribution in [1.82, 2.24) is 21.3 Å². The second kappa shape index (κ2) is 50.3. The Morgan fingerprint density at radius 3 is 1.44 bits per heavy atom. The van der Waals surface area contributed by atoms with Crippen LogP contribution in [0.2, 0.25) is 0 Å². The van der Waals surface area contributed by atoms with E-state index in [2.05, 4.69) is 21.3 Å². The number of carbonyl (C=O) groups is 11. The van der Waals surface area contributed by atoms with E-state index in [0.29, 0.717) is 45.1 Å². The summed E-state index contributed by atoms with van der Waals surface area (Å²) in [5, 5.41) is 56.6. The molecule has 0 rings (SSSR count). The molecule has 0 saturated heterocycles. The Bertz CT molecular complexity index is 1840. The quantitative estimate of drug-likeness (QED) is 0.0304. The molecule has 466 valence electrons. The van der Waals surface area contributed by atoms with Crippen molar-refractivity contribution in [2.45, 2.75) is 199 Å². The fourth-order valence-corrected chi connectivity index (χ4v) is 8.55. The van der Waals surface area contributed by atoms with Gasteiger partial charge in [0, 0.05) is 64.0 Å². The number of nitrogens with one attached hydrogen (secondary N) is 4. The van der Waals surface area contributed by atoms with Gasteiger partial charge < -0.3 is 71.5 Å². The largest absolute Gasteiger partial charge is 0.481 e. The number of hydrogen-bond acceptors (Lipinski definition) is 17. The van der Waals surface area contributed by atoms with Gasteiger partial charge in [0.1, 0.15) is 37.8 Å². The normalized spacial score (nSPS) is 13.0. The lowest BCUT2D eigenvalue weighted by Gasteiger charge is -2.16. The Morgan fingerprint density at radius 2 is 0.914 bits per heavy atom. The van der Waals surface area contributed by atoms with Gasteiger partial charge >= 0.3 is 23.9 Å². The Hall–Kier alpha value is -5.47. The molecule has 0 aliphatic heterocycles. The molecule has 0 spiro atoms. The number of carbonyl (C=O) groups excluding carboxylic acids is 7. The number of Topliss-reactive ketones (excluding diaryl/α,β-unsaturated/α-hetero) is 3. The van der Waals surface area contributed by atoms with Gasteiger partial charge in [-0.1, -0.05) is 90.4 Å². The Balaban J connectivity index is 4.05. The van der Waals surface area contributed by atoms with Crippen LogP contribution in [-0.2, 0) is 71.7 Å². The third-order valence-corrected chi connectivity index (χ3v) is 13.3. The number of rotatable bonds is 58. The number of amides is 4. The zero-order valence-electron chi connectivity index (χ0n) is 47.9. The summed E-state index contributed by atoms with van der Waals surface area (Å²) in [5.74, 6) is -10.0. The molecule has 0 aromatic rings. The van der Waals surface area contributed by atoms with Crippen LogP contribution in [0.1, 0.15) is 187 Å². The lowest BCUT2D eigenvalue weighted by atomic mass is 9.94. The van der Waals surface area contributed by atoms with Crippen molar-refractivity contribution < 1.29 is 97.2 Å². The highest BCUT2D eigenvalue weighted by Gasteiger charge is 2.26. The molecule has 5 atom stereocenters. The summed E-state index contributed by atoms with van der Waals surface area (Å²) in [4.78, 5) is 132. The van der Waals surface area contributed by atoms with Crippen molar-refractivity contribution in [1.29, 1.82) is 0 Å². The number of carboxylic acids is 4. The molecular weight excluding hydrogens is 1060 g/mol. The van der Waals surface area contributed by atoms with Crippen LogP contribution >= 0.6 is 0 Å². The van der Waals surface area contributed by atoms with E-state index in [0.717, 1.165) is 51.4 Å². The van der Waals surface area contributed by atoms with Crippen LogP contribution in [0.3, 0.4) is 0 Å². The van der Waals surface area contributed by atoms with Crippen LogP contribution in [0.15, 0.2) is 0 Å². The maximum absolute atomic E-state index is 12.5. The highest BCUT2D eigenvalue weighted by atomic mass is 16.5. The van der Waals surface area contributed by atoms with E-state index in [4.69, 9.17) is 34.9 Å². The highest BCUT2D eigenvalue weighted by Crippen LogP contribution is 2.18. The van der Waals surface area contributed by atoms with E-state index in [-0.39, 0.29) is 122 Å². The van der Waals surface area contributed by atoms with Crippen LogP contribution in [0, 0.1) is 17.8 Å². The van der Waals surface area contributed by atoms with E-state index in [1.807, 2.05) is 6.92 Å². The summed E-state index contributed by atoms with van der Waals surface area (Å²) in [6.07, 6.45) is 15.2. The molecule has 1 unspecified atom stereocenters. The maximum atomic E-state index is 12.5. The molecule has 0 aromatic carbocycles. The smallest absolute Gasteiger partial charge is 0.326 e. The van der Waals surface area contributed by atoms with E-state index in [1.165, 1.54) is 32.1 Å². The molecule has 0 aromatic heterocycles. The monoisotopic (exact) mass is 1160 g/mol. The van der Waals surface area contributed by atoms with E-state index in [9.17, 15) is 68.1 Å². The summed E-state index contributed by atoms with van der Waals surface area (Å²) >= 11 is 0. The van der Waals surface area contributed by atoms with Gasteiger partial charge in [-0.15, -0.1) is 0 Å². The third kappa shape index (κ3) is 45.8. The summed E-state index contributed by atoms with van der Waals surface area (Å²) in [6, 6.07) is -1.40. The van der Waals surface area contributed by atoms with Crippen molar-refractivity contribution >= 4 is 64.9 Å². The number of ketones is 3. The fraction of sp³-hybridized carbons (Fsp3) is 0.804. The minimum atomic E-state index is -1.40. The zero-order valence-corrected chi connectivity index (χ0v) is 47.9. The number of aliphatic hydroxyl groups is 1. The van der Waals surface area contributed by atoms with E-state index >= 15 is 0 Å². The fourth-order valence-electron chi connectivity index (χ4n) is 8.55. The molecule has 0 radical (unpaired) electrons. The van der Waals surface area contributed by atoms with Crippen molar-refractivity contribution in [3.8, 4) is 0 Å². The molecule has 0 aliphatic carbocycles. The van der Waals surface area contributed by atoms with E-state index < -0.39 is 97.0 Å². The first-order chi connectivity index (χ1) is 38.8. The van der Waals surface area contributed by atoms with Gasteiger partial charge in [0.2, 0.25) is 23.6 Å². The Kier molecular flexibility index (Phi) is 46.9. The van der Waals surface area contributed by atoms with Gasteiger partial charge in [-0.05, 0) is 51.4 Å². The van der Waals surface area contributed by atoms with Crippen LogP contribution in [0.5, 0.6) is 0 Å². The SMILES string of the molecule is CC[C@@H](CCCCNC(=O)CC[C@H](NC(=O)CC[C@H](CC(=O)COCCOCCNC(=O)COCCOCC(N)NC(=O)CC[C@H](CC(=O)CCCCCCCCCCCCCCCCC(=O)O)C(=O)O)C(=O)O)C(=O)O)C(=O)CO. The highest BCUT2D eigenvalue weighted by molar-refractivity contribution is 5.87. The summed E-state index contributed by atoms with van der Waals surface area (Å²) in [5.41, 5.74) is 5.92. The second-order valence-corrected chi connectivity index (χ2v) is 20.4. The maximum Gasteiger partial charge on any atom is 0.326 e. The molecular formula is C56H97N5O20. The van der Waals surface area contributed by atoms with E-state index in [1.54, 1.807) is 0 Å². The first kappa shape index (κ1) is 75.5.